The van der Waals surface area contributed by atoms with Crippen molar-refractivity contribution in [1.82, 2.24) is 9.29 Å². The predicted octanol–water partition coefficient (Wildman–Crippen LogP) is 3.00. The van der Waals surface area contributed by atoms with Gasteiger partial charge in [-0.25, -0.2) is 8.42 Å². The molecular weight excluding hydrogens is 348 g/mol. The Morgan fingerprint density at radius 3 is 2.62 bits per heavy atom. The van der Waals surface area contributed by atoms with E-state index in [1.54, 1.807) is 25.4 Å². The molecule has 1 aromatic heterocycles. The van der Waals surface area contributed by atoms with Crippen LogP contribution >= 0.6 is 0 Å². The molecule has 0 saturated carbocycles. The van der Waals surface area contributed by atoms with Crippen molar-refractivity contribution in [3.63, 3.8) is 0 Å². The van der Waals surface area contributed by atoms with Crippen molar-refractivity contribution in [3.05, 3.63) is 71.9 Å². The predicted molar refractivity (Wildman–Crippen MR) is 100 cm³/mol. The third-order valence-electron chi connectivity index (χ3n) is 4.87. The molecule has 0 saturated heterocycles. The first-order chi connectivity index (χ1) is 12.6. The Morgan fingerprint density at radius 2 is 1.81 bits per heavy atom. The number of fused-ring (bicyclic) bond motifs is 2. The number of hydrogen-bond donors (Lipinski definition) is 0. The fourth-order valence-electron chi connectivity index (χ4n) is 3.47. The molecule has 26 heavy (non-hydrogen) atoms. The zero-order chi connectivity index (χ0) is 18.1. The van der Waals surface area contributed by atoms with Crippen LogP contribution in [0.1, 0.15) is 11.1 Å². The van der Waals surface area contributed by atoms with Gasteiger partial charge in [-0.05, 0) is 23.3 Å². The highest BCUT2D eigenvalue weighted by atomic mass is 32.2. The summed E-state index contributed by atoms with van der Waals surface area (Å²) in [5.41, 5.74) is 2.65. The number of nitrogens with zero attached hydrogens (tertiary/aromatic N) is 2. The SMILES string of the molecule is COC1Cc2ccccc2CN(S(=O)(=O)c2cccc3cccnc23)C1. The highest BCUT2D eigenvalue weighted by molar-refractivity contribution is 7.89. The third kappa shape index (κ3) is 3.00. The van der Waals surface area contributed by atoms with Crippen molar-refractivity contribution >= 4 is 20.9 Å². The van der Waals surface area contributed by atoms with Gasteiger partial charge in [-0.15, -0.1) is 0 Å². The largest absolute Gasteiger partial charge is 0.380 e. The fraction of sp³-hybridized carbons (Fsp3) is 0.250. The molecule has 2 aromatic carbocycles. The third-order valence-corrected chi connectivity index (χ3v) is 6.71. The van der Waals surface area contributed by atoms with Crippen molar-refractivity contribution in [2.24, 2.45) is 0 Å². The molecule has 134 valence electrons. The summed E-state index contributed by atoms with van der Waals surface area (Å²) >= 11 is 0. The van der Waals surface area contributed by atoms with Gasteiger partial charge < -0.3 is 4.74 Å². The van der Waals surface area contributed by atoms with Gasteiger partial charge in [0, 0.05) is 38.2 Å². The lowest BCUT2D eigenvalue weighted by Gasteiger charge is -2.24. The van der Waals surface area contributed by atoms with Crippen LogP contribution in [0.15, 0.2) is 65.7 Å². The number of benzene rings is 2. The highest BCUT2D eigenvalue weighted by Crippen LogP contribution is 2.28. The van der Waals surface area contributed by atoms with E-state index >= 15 is 0 Å². The molecule has 3 aromatic rings. The van der Waals surface area contributed by atoms with Gasteiger partial charge in [0.05, 0.1) is 11.6 Å². The van der Waals surface area contributed by atoms with E-state index in [2.05, 4.69) is 4.98 Å². The van der Waals surface area contributed by atoms with Gasteiger partial charge in [-0.2, -0.15) is 4.31 Å². The maximum Gasteiger partial charge on any atom is 0.245 e. The van der Waals surface area contributed by atoms with E-state index < -0.39 is 10.0 Å². The molecule has 0 radical (unpaired) electrons. The lowest BCUT2D eigenvalue weighted by molar-refractivity contribution is 0.0878. The van der Waals surface area contributed by atoms with Crippen molar-refractivity contribution < 1.29 is 13.2 Å². The minimum absolute atomic E-state index is 0.184. The van der Waals surface area contributed by atoms with Crippen molar-refractivity contribution in [2.75, 3.05) is 13.7 Å². The first-order valence-electron chi connectivity index (χ1n) is 8.53. The smallest absolute Gasteiger partial charge is 0.245 e. The number of ether oxygens (including phenoxy) is 1. The maximum absolute atomic E-state index is 13.5. The zero-order valence-electron chi connectivity index (χ0n) is 14.5. The Hall–Kier alpha value is -2.28. The molecule has 2 heterocycles. The molecule has 0 N–H and O–H groups in total. The number of methoxy groups -OCH3 is 1. The van der Waals surface area contributed by atoms with Crippen LogP contribution in [0, 0.1) is 0 Å². The number of aromatic nitrogens is 1. The molecule has 0 aliphatic carbocycles. The summed E-state index contributed by atoms with van der Waals surface area (Å²) in [6.45, 7) is 0.651. The quantitative estimate of drug-likeness (QED) is 0.713. The van der Waals surface area contributed by atoms with Crippen LogP contribution in [-0.4, -0.2) is 37.5 Å². The second-order valence-electron chi connectivity index (χ2n) is 6.46. The summed E-state index contributed by atoms with van der Waals surface area (Å²) in [4.78, 5) is 4.55. The summed E-state index contributed by atoms with van der Waals surface area (Å²) in [6.07, 6.45) is 2.14. The van der Waals surface area contributed by atoms with Crippen LogP contribution in [0.4, 0.5) is 0 Å². The molecule has 1 unspecified atom stereocenters. The number of sulfonamides is 1. The van der Waals surface area contributed by atoms with Crippen LogP contribution < -0.4 is 0 Å². The lowest BCUT2D eigenvalue weighted by Crippen LogP contribution is -2.36. The number of hydrogen-bond acceptors (Lipinski definition) is 4. The topological polar surface area (TPSA) is 59.5 Å². The van der Waals surface area contributed by atoms with E-state index in [-0.39, 0.29) is 11.0 Å². The first kappa shape index (κ1) is 17.1. The summed E-state index contributed by atoms with van der Waals surface area (Å²) in [5, 5.41) is 0.812. The second kappa shape index (κ2) is 6.79. The monoisotopic (exact) mass is 368 g/mol. The Bertz CT molecular complexity index is 1040. The molecule has 0 bridgehead atoms. The molecule has 5 nitrogen and oxygen atoms in total. The van der Waals surface area contributed by atoms with Gasteiger partial charge in [-0.3, -0.25) is 4.98 Å². The van der Waals surface area contributed by atoms with Gasteiger partial charge in [0.25, 0.3) is 0 Å². The number of para-hydroxylation sites is 1. The van der Waals surface area contributed by atoms with E-state index in [0.717, 1.165) is 16.5 Å². The first-order valence-corrected chi connectivity index (χ1v) is 9.97. The van der Waals surface area contributed by atoms with E-state index in [0.29, 0.717) is 25.0 Å². The van der Waals surface area contributed by atoms with Gasteiger partial charge in [0.2, 0.25) is 10.0 Å². The molecule has 0 spiro atoms. The van der Waals surface area contributed by atoms with Crippen LogP contribution in [0.5, 0.6) is 0 Å². The Balaban J connectivity index is 1.82. The van der Waals surface area contributed by atoms with E-state index in [1.165, 1.54) is 4.31 Å². The molecule has 0 amide bonds. The van der Waals surface area contributed by atoms with Gasteiger partial charge in [-0.1, -0.05) is 42.5 Å². The number of rotatable bonds is 3. The Labute approximate surface area is 153 Å². The summed E-state index contributed by atoms with van der Waals surface area (Å²) < 4.78 is 34.0. The van der Waals surface area contributed by atoms with Crippen LogP contribution in [0.2, 0.25) is 0 Å². The van der Waals surface area contributed by atoms with E-state index in [9.17, 15) is 8.42 Å². The minimum Gasteiger partial charge on any atom is -0.380 e. The summed E-state index contributed by atoms with van der Waals surface area (Å²) in [5.74, 6) is 0. The number of pyridine rings is 1. The van der Waals surface area contributed by atoms with Crippen molar-refractivity contribution in [2.45, 2.75) is 24.0 Å². The average Bonchev–Trinajstić information content (AvgIpc) is 2.87. The van der Waals surface area contributed by atoms with Gasteiger partial charge >= 0.3 is 0 Å². The zero-order valence-corrected chi connectivity index (χ0v) is 15.3. The molecule has 1 aliphatic rings. The Kier molecular flexibility index (Phi) is 4.48. The van der Waals surface area contributed by atoms with Crippen molar-refractivity contribution in [3.8, 4) is 0 Å². The highest BCUT2D eigenvalue weighted by Gasteiger charge is 2.32. The van der Waals surface area contributed by atoms with E-state index in [4.69, 9.17) is 4.74 Å². The summed E-state index contributed by atoms with van der Waals surface area (Å²) in [6, 6.07) is 16.9. The lowest BCUT2D eigenvalue weighted by atomic mass is 10.0. The van der Waals surface area contributed by atoms with Crippen molar-refractivity contribution in [1.29, 1.82) is 0 Å². The van der Waals surface area contributed by atoms with Crippen LogP contribution in [0.3, 0.4) is 0 Å². The minimum atomic E-state index is -3.71. The average molecular weight is 368 g/mol. The van der Waals surface area contributed by atoms with Gasteiger partial charge in [0.15, 0.2) is 0 Å². The van der Waals surface area contributed by atoms with E-state index in [1.807, 2.05) is 42.5 Å². The molecule has 4 rings (SSSR count). The maximum atomic E-state index is 13.5. The normalized spacial score (nSPS) is 18.4. The van der Waals surface area contributed by atoms with Crippen LogP contribution in [-0.2, 0) is 27.7 Å². The fourth-order valence-corrected chi connectivity index (χ4v) is 5.08. The molecule has 1 atom stereocenters. The summed E-state index contributed by atoms with van der Waals surface area (Å²) in [7, 11) is -2.08. The molecule has 0 fully saturated rings. The van der Waals surface area contributed by atoms with Gasteiger partial charge in [0.1, 0.15) is 4.90 Å². The Morgan fingerprint density at radius 1 is 1.04 bits per heavy atom. The molecular formula is C20H20N2O3S. The molecule has 1 aliphatic heterocycles. The molecule has 6 heteroatoms. The van der Waals surface area contributed by atoms with Crippen LogP contribution in [0.25, 0.3) is 10.9 Å². The standard InChI is InChI=1S/C20H20N2O3S/c1-25-18-12-16-6-2-3-7-17(16)13-22(14-18)26(23,24)19-10-4-8-15-9-5-11-21-20(15)19/h2-11,18H,12-14H2,1H3. The second-order valence-corrected chi connectivity index (χ2v) is 8.37.